The maximum Gasteiger partial charge on any atom is 0.416 e. The number of rotatable bonds is 1. The van der Waals surface area contributed by atoms with Crippen molar-refractivity contribution in [3.8, 4) is 11.3 Å². The molecule has 2 heterocycles. The van der Waals surface area contributed by atoms with Gasteiger partial charge in [0.05, 0.1) is 16.0 Å². The van der Waals surface area contributed by atoms with Crippen molar-refractivity contribution < 1.29 is 13.2 Å². The molecule has 0 spiro atoms. The van der Waals surface area contributed by atoms with Crippen LogP contribution in [-0.4, -0.2) is 4.98 Å². The zero-order chi connectivity index (χ0) is 13.5. The second-order valence-corrected chi connectivity index (χ2v) is 4.99. The Kier molecular flexibility index (Phi) is 2.78. The summed E-state index contributed by atoms with van der Waals surface area (Å²) in [6.07, 6.45) is -2.64. The quantitative estimate of drug-likeness (QED) is 0.612. The average molecular weight is 279 g/mol. The maximum absolute atomic E-state index is 12.5. The Morgan fingerprint density at radius 3 is 2.37 bits per heavy atom. The van der Waals surface area contributed by atoms with E-state index in [1.165, 1.54) is 23.5 Å². The van der Waals surface area contributed by atoms with Crippen LogP contribution < -0.4 is 0 Å². The Morgan fingerprint density at radius 2 is 1.68 bits per heavy atom. The summed E-state index contributed by atoms with van der Waals surface area (Å²) in [7, 11) is 0. The van der Waals surface area contributed by atoms with Crippen LogP contribution in [0.4, 0.5) is 13.2 Å². The lowest BCUT2D eigenvalue weighted by Gasteiger charge is -2.07. The van der Waals surface area contributed by atoms with Crippen LogP contribution in [0.3, 0.4) is 0 Å². The van der Waals surface area contributed by atoms with Crippen LogP contribution in [0, 0.1) is 0 Å². The van der Waals surface area contributed by atoms with Gasteiger partial charge in [0.25, 0.3) is 0 Å². The summed E-state index contributed by atoms with van der Waals surface area (Å²) in [6.45, 7) is 0. The zero-order valence-electron chi connectivity index (χ0n) is 9.61. The van der Waals surface area contributed by atoms with E-state index in [0.717, 1.165) is 27.9 Å². The van der Waals surface area contributed by atoms with Gasteiger partial charge in [-0.05, 0) is 35.0 Å². The molecular weight excluding hydrogens is 271 g/mol. The van der Waals surface area contributed by atoms with Gasteiger partial charge in [-0.1, -0.05) is 12.1 Å². The molecule has 0 N–H and O–H groups in total. The third kappa shape index (κ3) is 2.21. The van der Waals surface area contributed by atoms with Gasteiger partial charge in [-0.25, -0.2) is 0 Å². The molecule has 0 atom stereocenters. The molecule has 3 rings (SSSR count). The number of halogens is 3. The van der Waals surface area contributed by atoms with Gasteiger partial charge in [0.1, 0.15) is 0 Å². The van der Waals surface area contributed by atoms with Gasteiger partial charge < -0.3 is 0 Å². The first-order chi connectivity index (χ1) is 9.05. The minimum absolute atomic E-state index is 0.644. The number of benzene rings is 1. The van der Waals surface area contributed by atoms with Crippen LogP contribution in [0.1, 0.15) is 5.56 Å². The average Bonchev–Trinajstić information content (AvgIpc) is 2.86. The summed E-state index contributed by atoms with van der Waals surface area (Å²) in [5, 5.41) is 3.00. The Hall–Kier alpha value is -1.88. The van der Waals surface area contributed by atoms with E-state index in [-0.39, 0.29) is 0 Å². The van der Waals surface area contributed by atoms with E-state index in [4.69, 9.17) is 0 Å². The molecule has 2 aromatic heterocycles. The number of pyridine rings is 1. The fraction of sp³-hybridized carbons (Fsp3) is 0.0714. The molecule has 0 saturated carbocycles. The van der Waals surface area contributed by atoms with E-state index in [2.05, 4.69) is 4.98 Å². The molecule has 19 heavy (non-hydrogen) atoms. The Morgan fingerprint density at radius 1 is 0.947 bits per heavy atom. The lowest BCUT2D eigenvalue weighted by Crippen LogP contribution is -2.04. The smallest absolute Gasteiger partial charge is 0.255 e. The van der Waals surface area contributed by atoms with Crippen molar-refractivity contribution in [3.05, 3.63) is 53.5 Å². The molecular formula is C14H8F3NS. The van der Waals surface area contributed by atoms with Crippen molar-refractivity contribution in [1.82, 2.24) is 4.98 Å². The zero-order valence-corrected chi connectivity index (χ0v) is 10.4. The van der Waals surface area contributed by atoms with Crippen LogP contribution in [-0.2, 0) is 6.18 Å². The van der Waals surface area contributed by atoms with E-state index < -0.39 is 11.7 Å². The highest BCUT2D eigenvalue weighted by atomic mass is 32.1. The molecule has 5 heteroatoms. The summed E-state index contributed by atoms with van der Waals surface area (Å²) in [5.74, 6) is 0. The Bertz CT molecular complexity index is 713. The lowest BCUT2D eigenvalue weighted by molar-refractivity contribution is -0.137. The number of hydrogen-bond acceptors (Lipinski definition) is 2. The number of nitrogens with zero attached hydrogens (tertiary/aromatic N) is 1. The van der Waals surface area contributed by atoms with Crippen LogP contribution in [0.25, 0.3) is 21.3 Å². The molecule has 0 fully saturated rings. The van der Waals surface area contributed by atoms with E-state index in [9.17, 15) is 13.2 Å². The SMILES string of the molecule is FC(F)(F)c1ccc(-c2nccc3ccsc23)cc1. The minimum atomic E-state index is -4.30. The Labute approximate surface area is 111 Å². The van der Waals surface area contributed by atoms with Crippen molar-refractivity contribution >= 4 is 21.4 Å². The van der Waals surface area contributed by atoms with Crippen LogP contribution in [0.15, 0.2) is 48.0 Å². The Balaban J connectivity index is 2.10. The molecule has 0 aliphatic rings. The number of fused-ring (bicyclic) bond motifs is 1. The van der Waals surface area contributed by atoms with Crippen molar-refractivity contribution in [2.75, 3.05) is 0 Å². The van der Waals surface area contributed by atoms with Crippen molar-refractivity contribution in [2.24, 2.45) is 0 Å². The van der Waals surface area contributed by atoms with Gasteiger partial charge >= 0.3 is 6.18 Å². The van der Waals surface area contributed by atoms with Crippen molar-refractivity contribution in [2.45, 2.75) is 6.18 Å². The van der Waals surface area contributed by atoms with E-state index in [0.29, 0.717) is 5.56 Å². The second-order valence-electron chi connectivity index (χ2n) is 4.07. The minimum Gasteiger partial charge on any atom is -0.255 e. The van der Waals surface area contributed by atoms with E-state index >= 15 is 0 Å². The molecule has 1 nitrogen and oxygen atoms in total. The molecule has 96 valence electrons. The number of alkyl halides is 3. The third-order valence-electron chi connectivity index (χ3n) is 2.85. The maximum atomic E-state index is 12.5. The summed E-state index contributed by atoms with van der Waals surface area (Å²) < 4.78 is 38.5. The number of aromatic nitrogens is 1. The normalized spacial score (nSPS) is 11.9. The highest BCUT2D eigenvalue weighted by molar-refractivity contribution is 7.17. The van der Waals surface area contributed by atoms with Crippen LogP contribution in [0.2, 0.25) is 0 Å². The van der Waals surface area contributed by atoms with Gasteiger partial charge in [-0.3, -0.25) is 4.98 Å². The highest BCUT2D eigenvalue weighted by Crippen LogP contribution is 2.33. The largest absolute Gasteiger partial charge is 0.416 e. The summed E-state index contributed by atoms with van der Waals surface area (Å²) in [4.78, 5) is 4.27. The molecule has 0 radical (unpaired) electrons. The molecule has 0 saturated heterocycles. The topological polar surface area (TPSA) is 12.9 Å². The van der Waals surface area contributed by atoms with Gasteiger partial charge in [-0.15, -0.1) is 11.3 Å². The van der Waals surface area contributed by atoms with E-state index in [1.54, 1.807) is 6.20 Å². The molecule has 0 amide bonds. The van der Waals surface area contributed by atoms with Gasteiger partial charge in [0.15, 0.2) is 0 Å². The van der Waals surface area contributed by atoms with Crippen LogP contribution >= 0.6 is 11.3 Å². The lowest BCUT2D eigenvalue weighted by atomic mass is 10.1. The second kappa shape index (κ2) is 4.35. The van der Waals surface area contributed by atoms with Crippen molar-refractivity contribution in [1.29, 1.82) is 0 Å². The van der Waals surface area contributed by atoms with Crippen LogP contribution in [0.5, 0.6) is 0 Å². The first-order valence-electron chi connectivity index (χ1n) is 5.55. The summed E-state index contributed by atoms with van der Waals surface area (Å²) >= 11 is 1.53. The highest BCUT2D eigenvalue weighted by Gasteiger charge is 2.30. The molecule has 1 aromatic carbocycles. The fourth-order valence-corrected chi connectivity index (χ4v) is 2.82. The standard InChI is InChI=1S/C14H8F3NS/c15-14(16,17)11-3-1-9(2-4-11)12-13-10(5-7-18-12)6-8-19-13/h1-8H. The number of hydrogen-bond donors (Lipinski definition) is 0. The van der Waals surface area contributed by atoms with Gasteiger partial charge in [-0.2, -0.15) is 13.2 Å². The third-order valence-corrected chi connectivity index (χ3v) is 3.79. The molecule has 0 aliphatic carbocycles. The summed E-state index contributed by atoms with van der Waals surface area (Å²) in [5.41, 5.74) is 0.775. The van der Waals surface area contributed by atoms with Gasteiger partial charge in [0, 0.05) is 11.8 Å². The summed E-state index contributed by atoms with van der Waals surface area (Å²) in [6, 6.07) is 8.95. The van der Waals surface area contributed by atoms with Crippen molar-refractivity contribution in [3.63, 3.8) is 0 Å². The monoisotopic (exact) mass is 279 g/mol. The first-order valence-corrected chi connectivity index (χ1v) is 6.43. The predicted molar refractivity (Wildman–Crippen MR) is 70.1 cm³/mol. The molecule has 0 unspecified atom stereocenters. The predicted octanol–water partition coefficient (Wildman–Crippen LogP) is 4.98. The van der Waals surface area contributed by atoms with Gasteiger partial charge in [0.2, 0.25) is 0 Å². The molecule has 0 bridgehead atoms. The first kappa shape index (κ1) is 12.2. The fourth-order valence-electron chi connectivity index (χ4n) is 1.92. The molecule has 3 aromatic rings. The molecule has 0 aliphatic heterocycles. The van der Waals surface area contributed by atoms with E-state index in [1.807, 2.05) is 17.5 Å². The number of thiophene rings is 1.